The first-order chi connectivity index (χ1) is 9.47. The van der Waals surface area contributed by atoms with Crippen molar-refractivity contribution in [3.8, 4) is 0 Å². The Morgan fingerprint density at radius 1 is 1.30 bits per heavy atom. The maximum atomic E-state index is 5.64. The van der Waals surface area contributed by atoms with E-state index in [9.17, 15) is 0 Å². The lowest BCUT2D eigenvalue weighted by molar-refractivity contribution is 0.389. The lowest BCUT2D eigenvalue weighted by Crippen LogP contribution is -2.32. The Bertz CT molecular complexity index is 534. The van der Waals surface area contributed by atoms with Crippen LogP contribution in [0.25, 0.3) is 0 Å². The van der Waals surface area contributed by atoms with E-state index in [0.717, 1.165) is 13.0 Å². The van der Waals surface area contributed by atoms with E-state index in [1.165, 1.54) is 10.4 Å². The van der Waals surface area contributed by atoms with Gasteiger partial charge in [0.05, 0.1) is 0 Å². The number of rotatable bonds is 6. The molecule has 1 atom stereocenters. The molecule has 3 nitrogen and oxygen atoms in total. The Balaban J connectivity index is 1.89. The molecule has 0 saturated heterocycles. The van der Waals surface area contributed by atoms with Crippen LogP contribution in [0.2, 0.25) is 0 Å². The first-order valence-corrected chi connectivity index (χ1v) is 7.78. The molecule has 0 bridgehead atoms. The van der Waals surface area contributed by atoms with E-state index in [2.05, 4.69) is 61.4 Å². The van der Waals surface area contributed by atoms with Crippen molar-refractivity contribution in [3.05, 3.63) is 47.0 Å². The fourth-order valence-corrected chi connectivity index (χ4v) is 3.16. The number of nitrogens with two attached hydrogens (primary N) is 1. The third-order valence-electron chi connectivity index (χ3n) is 3.57. The predicted molar refractivity (Wildman–Crippen MR) is 86.9 cm³/mol. The zero-order valence-electron chi connectivity index (χ0n) is 12.4. The number of hydrogen-bond donors (Lipinski definition) is 2. The number of nitrogen functional groups attached to an aromatic ring is 1. The number of aromatic nitrogens is 1. The van der Waals surface area contributed by atoms with E-state index in [0.29, 0.717) is 11.2 Å². The minimum Gasteiger partial charge on any atom is -0.375 e. The van der Waals surface area contributed by atoms with E-state index < -0.39 is 0 Å². The Kier molecular flexibility index (Phi) is 4.78. The average molecular weight is 289 g/mol. The zero-order valence-corrected chi connectivity index (χ0v) is 13.2. The highest BCUT2D eigenvalue weighted by Crippen LogP contribution is 2.28. The third-order valence-corrected chi connectivity index (χ3v) is 4.39. The summed E-state index contributed by atoms with van der Waals surface area (Å²) in [6, 6.07) is 11.1. The Morgan fingerprint density at radius 2 is 2.00 bits per heavy atom. The average Bonchev–Trinajstić information content (AvgIpc) is 2.83. The second-order valence-electron chi connectivity index (χ2n) is 5.90. The molecule has 1 aromatic carbocycles. The molecule has 3 N–H and O–H groups in total. The topological polar surface area (TPSA) is 50.9 Å². The zero-order chi connectivity index (χ0) is 14.6. The number of thiazole rings is 1. The normalized spacial score (nSPS) is 13.3. The first-order valence-electron chi connectivity index (χ1n) is 6.96. The molecule has 2 rings (SSSR count). The Morgan fingerprint density at radius 3 is 2.60 bits per heavy atom. The van der Waals surface area contributed by atoms with Crippen molar-refractivity contribution in [1.82, 2.24) is 10.3 Å². The number of anilines is 1. The summed E-state index contributed by atoms with van der Waals surface area (Å²) in [5.74, 6) is 0. The van der Waals surface area contributed by atoms with Gasteiger partial charge in [0.25, 0.3) is 0 Å². The van der Waals surface area contributed by atoms with Crippen LogP contribution >= 0.6 is 11.3 Å². The van der Waals surface area contributed by atoms with E-state index in [1.807, 2.05) is 6.20 Å². The van der Waals surface area contributed by atoms with Crippen molar-refractivity contribution in [1.29, 1.82) is 0 Å². The van der Waals surface area contributed by atoms with Crippen LogP contribution < -0.4 is 11.1 Å². The van der Waals surface area contributed by atoms with Crippen molar-refractivity contribution >= 4 is 16.5 Å². The van der Waals surface area contributed by atoms with Gasteiger partial charge in [-0.05, 0) is 24.3 Å². The van der Waals surface area contributed by atoms with E-state index in [4.69, 9.17) is 5.73 Å². The van der Waals surface area contributed by atoms with Crippen molar-refractivity contribution < 1.29 is 0 Å². The van der Waals surface area contributed by atoms with Crippen molar-refractivity contribution in [2.24, 2.45) is 0 Å². The summed E-state index contributed by atoms with van der Waals surface area (Å²) in [4.78, 5) is 5.26. The van der Waals surface area contributed by atoms with Gasteiger partial charge in [-0.2, -0.15) is 0 Å². The van der Waals surface area contributed by atoms with Crippen LogP contribution in [0.3, 0.4) is 0 Å². The van der Waals surface area contributed by atoms with Crippen molar-refractivity contribution in [2.45, 2.75) is 45.2 Å². The van der Waals surface area contributed by atoms with Crippen LogP contribution in [-0.4, -0.2) is 11.0 Å². The molecule has 2 aromatic rings. The second-order valence-corrected chi connectivity index (χ2v) is 7.05. The molecule has 0 fully saturated rings. The van der Waals surface area contributed by atoms with Gasteiger partial charge >= 0.3 is 0 Å². The van der Waals surface area contributed by atoms with E-state index in [1.54, 1.807) is 11.3 Å². The summed E-state index contributed by atoms with van der Waals surface area (Å²) in [6.45, 7) is 7.66. The number of hydrogen-bond acceptors (Lipinski definition) is 4. The van der Waals surface area contributed by atoms with Crippen LogP contribution in [0.1, 0.15) is 37.6 Å². The van der Waals surface area contributed by atoms with Crippen LogP contribution in [0, 0.1) is 0 Å². The molecule has 108 valence electrons. The summed E-state index contributed by atoms with van der Waals surface area (Å²) < 4.78 is 0. The SMILES string of the molecule is CC(CC(C)(C)c1ccccc1)NCc1cnc(N)s1. The molecule has 0 aliphatic heterocycles. The minimum atomic E-state index is 0.167. The highest BCUT2D eigenvalue weighted by molar-refractivity contribution is 7.15. The molecule has 1 aromatic heterocycles. The van der Waals surface area contributed by atoms with Gasteiger partial charge in [-0.15, -0.1) is 11.3 Å². The van der Waals surface area contributed by atoms with Gasteiger partial charge in [0.1, 0.15) is 0 Å². The highest BCUT2D eigenvalue weighted by Gasteiger charge is 2.22. The minimum absolute atomic E-state index is 0.167. The molecule has 1 unspecified atom stereocenters. The second kappa shape index (κ2) is 6.37. The molecule has 0 spiro atoms. The molecule has 0 aliphatic rings. The molecule has 1 heterocycles. The lowest BCUT2D eigenvalue weighted by atomic mass is 9.79. The van der Waals surface area contributed by atoms with Crippen molar-refractivity contribution in [3.63, 3.8) is 0 Å². The third kappa shape index (κ3) is 4.05. The van der Waals surface area contributed by atoms with Gasteiger partial charge in [0.15, 0.2) is 5.13 Å². The van der Waals surface area contributed by atoms with E-state index in [-0.39, 0.29) is 5.41 Å². The molecule has 20 heavy (non-hydrogen) atoms. The molecule has 4 heteroatoms. The predicted octanol–water partition coefficient (Wildman–Crippen LogP) is 3.57. The number of nitrogens with one attached hydrogen (secondary N) is 1. The van der Waals surface area contributed by atoms with Crippen LogP contribution in [0.5, 0.6) is 0 Å². The first kappa shape index (κ1) is 15.0. The summed E-state index contributed by atoms with van der Waals surface area (Å²) in [7, 11) is 0. The number of benzene rings is 1. The highest BCUT2D eigenvalue weighted by atomic mass is 32.1. The van der Waals surface area contributed by atoms with Gasteiger partial charge in [-0.1, -0.05) is 44.2 Å². The molecular formula is C16H23N3S. The monoisotopic (exact) mass is 289 g/mol. The maximum absolute atomic E-state index is 5.64. The largest absolute Gasteiger partial charge is 0.375 e. The standard InChI is InChI=1S/C16H23N3S/c1-12(18-10-14-11-19-15(17)20-14)9-16(2,3)13-7-5-4-6-8-13/h4-8,11-12,18H,9-10H2,1-3H3,(H2,17,19). The Labute approximate surface area is 125 Å². The quantitative estimate of drug-likeness (QED) is 0.854. The summed E-state index contributed by atoms with van der Waals surface area (Å²) in [5, 5.41) is 4.19. The fourth-order valence-electron chi connectivity index (χ4n) is 2.52. The molecule has 0 saturated carbocycles. The van der Waals surface area contributed by atoms with Gasteiger partial charge in [0.2, 0.25) is 0 Å². The number of nitrogens with zero attached hydrogens (tertiary/aromatic N) is 1. The van der Waals surface area contributed by atoms with Crippen molar-refractivity contribution in [2.75, 3.05) is 5.73 Å². The van der Waals surface area contributed by atoms with Crippen LogP contribution in [-0.2, 0) is 12.0 Å². The van der Waals surface area contributed by atoms with Gasteiger partial charge in [-0.3, -0.25) is 0 Å². The Hall–Kier alpha value is -1.39. The van der Waals surface area contributed by atoms with E-state index >= 15 is 0 Å². The van der Waals surface area contributed by atoms with Gasteiger partial charge in [0, 0.05) is 23.7 Å². The summed E-state index contributed by atoms with van der Waals surface area (Å²) >= 11 is 1.55. The van der Waals surface area contributed by atoms with Crippen LogP contribution in [0.15, 0.2) is 36.5 Å². The summed E-state index contributed by atoms with van der Waals surface area (Å²) in [6.07, 6.45) is 2.94. The molecule has 0 radical (unpaired) electrons. The summed E-state index contributed by atoms with van der Waals surface area (Å²) in [5.41, 5.74) is 7.19. The molecule has 0 amide bonds. The molecule has 0 aliphatic carbocycles. The van der Waals surface area contributed by atoms with Crippen LogP contribution in [0.4, 0.5) is 5.13 Å². The maximum Gasteiger partial charge on any atom is 0.180 e. The molecular weight excluding hydrogens is 266 g/mol. The fraction of sp³-hybridized carbons (Fsp3) is 0.438. The smallest absolute Gasteiger partial charge is 0.180 e. The lowest BCUT2D eigenvalue weighted by Gasteiger charge is -2.29. The van der Waals surface area contributed by atoms with Gasteiger partial charge in [-0.25, -0.2) is 4.98 Å². The van der Waals surface area contributed by atoms with Gasteiger partial charge < -0.3 is 11.1 Å².